The van der Waals surface area contributed by atoms with E-state index in [1.165, 1.54) is 6.07 Å². The quantitative estimate of drug-likeness (QED) is 0.497. The van der Waals surface area contributed by atoms with Crippen LogP contribution < -0.4 is 10.2 Å². The molecule has 3 atom stereocenters. The van der Waals surface area contributed by atoms with Crippen LogP contribution in [0.4, 0.5) is 27.6 Å². The lowest BCUT2D eigenvalue weighted by Crippen LogP contribution is -2.66. The number of hydrogen-bond acceptors (Lipinski definition) is 7. The van der Waals surface area contributed by atoms with Crippen LogP contribution in [-0.2, 0) is 30.3 Å². The minimum atomic E-state index is -5.01. The highest BCUT2D eigenvalue weighted by Gasteiger charge is 2.56. The van der Waals surface area contributed by atoms with Crippen LogP contribution in [0.1, 0.15) is 31.2 Å². The number of carbonyl (C=O) groups excluding carboxylic acids is 2. The van der Waals surface area contributed by atoms with E-state index >= 15 is 0 Å². The predicted octanol–water partition coefficient (Wildman–Crippen LogP) is 2.36. The fourth-order valence-electron chi connectivity index (χ4n) is 6.31. The van der Waals surface area contributed by atoms with Crippen molar-refractivity contribution >= 4 is 27.3 Å². The number of benzene rings is 1. The van der Waals surface area contributed by atoms with E-state index in [2.05, 4.69) is 5.32 Å². The van der Waals surface area contributed by atoms with Gasteiger partial charge in [0.05, 0.1) is 65.3 Å². The zero-order valence-electron chi connectivity index (χ0n) is 21.7. The summed E-state index contributed by atoms with van der Waals surface area (Å²) in [5.74, 6) is -7.39. The lowest BCUT2D eigenvalue weighted by Gasteiger charge is -2.56. The van der Waals surface area contributed by atoms with Gasteiger partial charge in [0.2, 0.25) is 11.8 Å². The van der Waals surface area contributed by atoms with Crippen molar-refractivity contribution in [3.63, 3.8) is 0 Å². The number of carbonyl (C=O) groups is 2. The molecule has 0 radical (unpaired) electrons. The number of hydrogen-bond donors (Lipinski definition) is 1. The number of nitrogens with zero attached hydrogens (tertiary/aromatic N) is 3. The summed E-state index contributed by atoms with van der Waals surface area (Å²) in [5, 5.41) is 10.3. The summed E-state index contributed by atoms with van der Waals surface area (Å²) in [6, 6.07) is 4.97. The molecule has 1 N–H and O–H groups in total. The van der Waals surface area contributed by atoms with Crippen molar-refractivity contribution in [1.29, 1.82) is 5.26 Å². The Hall–Kier alpha value is -2.99. The van der Waals surface area contributed by atoms with Crippen LogP contribution in [0.25, 0.3) is 0 Å². The molecule has 1 aromatic rings. The minimum absolute atomic E-state index is 0.0882. The van der Waals surface area contributed by atoms with Crippen LogP contribution >= 0.6 is 0 Å². The maximum absolute atomic E-state index is 14.2. The number of sulfone groups is 1. The standard InChI is InChI=1S/C26H27F5N4O5S/c27-25(28)11-35(12-25)22(37)18-7-16(6-17(18)21(36)33-24(8-32)3-4-24)41(38,39)20-2-1-15(5-19(20)26(29,30)31)34-9-23(10-34)13-40-14-23/h1-2,5,16-18H,3-4,6-7,9-14H2,(H,33,36)/t16-,17-,18-/m1/s1. The van der Waals surface area contributed by atoms with Crippen LogP contribution in [0.3, 0.4) is 0 Å². The molecular weight excluding hydrogens is 575 g/mol. The van der Waals surface area contributed by atoms with Crippen molar-refractivity contribution in [1.82, 2.24) is 10.2 Å². The second-order valence-electron chi connectivity index (χ2n) is 12.1. The average molecular weight is 603 g/mol. The molecule has 1 aromatic carbocycles. The van der Waals surface area contributed by atoms with Gasteiger partial charge in [0, 0.05) is 18.8 Å². The molecule has 9 nitrogen and oxygen atoms in total. The monoisotopic (exact) mass is 602 g/mol. The molecule has 41 heavy (non-hydrogen) atoms. The van der Waals surface area contributed by atoms with Crippen molar-refractivity contribution in [2.45, 2.75) is 53.5 Å². The molecule has 0 aromatic heterocycles. The van der Waals surface area contributed by atoms with Crippen molar-refractivity contribution in [2.24, 2.45) is 17.3 Å². The van der Waals surface area contributed by atoms with Gasteiger partial charge in [0.1, 0.15) is 5.54 Å². The smallest absolute Gasteiger partial charge is 0.380 e. The number of nitriles is 1. The second-order valence-corrected chi connectivity index (χ2v) is 14.3. The molecule has 2 amide bonds. The lowest BCUT2D eigenvalue weighted by molar-refractivity contribution is -0.171. The molecule has 0 bridgehead atoms. The second kappa shape index (κ2) is 9.00. The largest absolute Gasteiger partial charge is 0.417 e. The lowest BCUT2D eigenvalue weighted by atomic mass is 9.77. The van der Waals surface area contributed by atoms with E-state index < -0.39 is 92.8 Å². The van der Waals surface area contributed by atoms with Gasteiger partial charge in [0.15, 0.2) is 9.84 Å². The number of likely N-dealkylation sites (tertiary alicyclic amines) is 1. The van der Waals surface area contributed by atoms with Gasteiger partial charge in [-0.05, 0) is 43.9 Å². The molecule has 3 saturated heterocycles. The first-order chi connectivity index (χ1) is 19.1. The van der Waals surface area contributed by atoms with Gasteiger partial charge < -0.3 is 19.9 Å². The molecule has 3 heterocycles. The van der Waals surface area contributed by atoms with E-state index in [-0.39, 0.29) is 11.1 Å². The normalized spacial score (nSPS) is 29.1. The third-order valence-electron chi connectivity index (χ3n) is 8.90. The van der Waals surface area contributed by atoms with Crippen LogP contribution in [0, 0.1) is 28.6 Å². The van der Waals surface area contributed by atoms with Crippen LogP contribution in [0.5, 0.6) is 0 Å². The predicted molar refractivity (Wildman–Crippen MR) is 131 cm³/mol. The Morgan fingerprint density at radius 3 is 2.20 bits per heavy atom. The fourth-order valence-corrected chi connectivity index (χ4v) is 8.33. The molecular formula is C26H27F5N4O5S. The van der Waals surface area contributed by atoms with Crippen LogP contribution in [0.15, 0.2) is 23.1 Å². The number of ether oxygens (including phenoxy) is 1. The number of halogens is 5. The molecule has 222 valence electrons. The van der Waals surface area contributed by atoms with Crippen molar-refractivity contribution < 1.29 is 44.7 Å². The number of anilines is 1. The van der Waals surface area contributed by atoms with Crippen molar-refractivity contribution in [3.8, 4) is 6.07 Å². The average Bonchev–Trinajstić information content (AvgIpc) is 3.44. The fraction of sp³-hybridized carbons (Fsp3) is 0.654. The molecule has 2 saturated carbocycles. The topological polar surface area (TPSA) is 120 Å². The third kappa shape index (κ3) is 4.82. The molecule has 5 fully saturated rings. The highest BCUT2D eigenvalue weighted by Crippen LogP contribution is 2.47. The Morgan fingerprint density at radius 1 is 1.05 bits per heavy atom. The molecule has 15 heteroatoms. The number of rotatable bonds is 6. The van der Waals surface area contributed by atoms with Gasteiger partial charge in [0.25, 0.3) is 5.92 Å². The molecule has 6 rings (SSSR count). The highest BCUT2D eigenvalue weighted by molar-refractivity contribution is 7.92. The molecule has 2 aliphatic carbocycles. The van der Waals surface area contributed by atoms with E-state index in [0.717, 1.165) is 17.0 Å². The van der Waals surface area contributed by atoms with Gasteiger partial charge in [-0.1, -0.05) is 0 Å². The zero-order chi connectivity index (χ0) is 29.6. The highest BCUT2D eigenvalue weighted by atomic mass is 32.2. The van der Waals surface area contributed by atoms with Gasteiger partial charge in [-0.25, -0.2) is 17.2 Å². The van der Waals surface area contributed by atoms with Crippen molar-refractivity contribution in [3.05, 3.63) is 23.8 Å². The van der Waals surface area contributed by atoms with E-state index in [4.69, 9.17) is 4.74 Å². The molecule has 0 unspecified atom stereocenters. The summed E-state index contributed by atoms with van der Waals surface area (Å²) < 4.78 is 102. The maximum atomic E-state index is 14.2. The Balaban J connectivity index is 1.28. The Labute approximate surface area is 232 Å². The summed E-state index contributed by atoms with van der Waals surface area (Å²) in [6.07, 6.45) is -5.29. The Bertz CT molecular complexity index is 1430. The number of alkyl halides is 5. The van der Waals surface area contributed by atoms with Gasteiger partial charge >= 0.3 is 6.18 Å². The minimum Gasteiger partial charge on any atom is -0.380 e. The summed E-state index contributed by atoms with van der Waals surface area (Å²) in [4.78, 5) is 27.8. The van der Waals surface area contributed by atoms with Crippen molar-refractivity contribution in [2.75, 3.05) is 44.3 Å². The first-order valence-electron chi connectivity index (χ1n) is 13.2. The number of nitrogens with one attached hydrogen (secondary N) is 1. The van der Waals surface area contributed by atoms with E-state index in [0.29, 0.717) is 39.1 Å². The zero-order valence-corrected chi connectivity index (χ0v) is 22.5. The van der Waals surface area contributed by atoms with Gasteiger partial charge in [-0.2, -0.15) is 18.4 Å². The molecule has 3 aliphatic heterocycles. The van der Waals surface area contributed by atoms with Crippen LogP contribution in [-0.4, -0.2) is 81.2 Å². The SMILES string of the molecule is N#CC1(NC(=O)[C@@H]2C[C@@H](S(=O)(=O)c3ccc(N4CC5(COC5)C4)cc3C(F)(F)F)C[C@H]2C(=O)N2CC(F)(F)C2)CC1. The maximum Gasteiger partial charge on any atom is 0.417 e. The van der Waals surface area contributed by atoms with E-state index in [9.17, 15) is 45.2 Å². The number of amides is 2. The first-order valence-corrected chi connectivity index (χ1v) is 14.8. The third-order valence-corrected chi connectivity index (χ3v) is 11.1. The summed E-state index contributed by atoms with van der Waals surface area (Å²) in [5.41, 5.74) is -2.36. The van der Waals surface area contributed by atoms with Gasteiger partial charge in [-0.15, -0.1) is 0 Å². The summed E-state index contributed by atoms with van der Waals surface area (Å²) in [7, 11) is -4.73. The van der Waals surface area contributed by atoms with E-state index in [1.54, 1.807) is 4.90 Å². The first kappa shape index (κ1) is 28.1. The summed E-state index contributed by atoms with van der Waals surface area (Å²) in [6.45, 7) is 0.226. The van der Waals surface area contributed by atoms with E-state index in [1.807, 2.05) is 6.07 Å². The van der Waals surface area contributed by atoms with Gasteiger partial charge in [-0.3, -0.25) is 9.59 Å². The Morgan fingerprint density at radius 2 is 1.68 bits per heavy atom. The Kier molecular flexibility index (Phi) is 6.18. The van der Waals surface area contributed by atoms with Crippen LogP contribution in [0.2, 0.25) is 0 Å². The molecule has 5 aliphatic rings. The molecule has 1 spiro atoms. The summed E-state index contributed by atoms with van der Waals surface area (Å²) >= 11 is 0.